The Balaban J connectivity index is 3.20. The van der Waals surface area contributed by atoms with Crippen molar-refractivity contribution in [1.82, 2.24) is 0 Å². The van der Waals surface area contributed by atoms with Crippen LogP contribution in [0.4, 0.5) is 0 Å². The van der Waals surface area contributed by atoms with Gasteiger partial charge in [-0.15, -0.1) is 0 Å². The highest BCUT2D eigenvalue weighted by Crippen LogP contribution is 2.28. The molecule has 0 aliphatic heterocycles. The van der Waals surface area contributed by atoms with Crippen molar-refractivity contribution in [1.29, 1.82) is 0 Å². The van der Waals surface area contributed by atoms with Crippen LogP contribution in [0.15, 0.2) is 0 Å². The molecular formula is C17H37O3P. The van der Waals surface area contributed by atoms with Crippen LogP contribution in [0.2, 0.25) is 0 Å². The van der Waals surface area contributed by atoms with Gasteiger partial charge in [-0.05, 0) is 11.8 Å². The summed E-state index contributed by atoms with van der Waals surface area (Å²) < 4.78 is 21.9. The summed E-state index contributed by atoms with van der Waals surface area (Å²) in [6.45, 7) is 9.49. The summed E-state index contributed by atoms with van der Waals surface area (Å²) in [4.78, 5) is 0. The van der Waals surface area contributed by atoms with Crippen LogP contribution in [0.25, 0.3) is 0 Å². The van der Waals surface area contributed by atoms with Gasteiger partial charge in [0, 0.05) is 0 Å². The van der Waals surface area contributed by atoms with Crippen LogP contribution in [0.1, 0.15) is 91.9 Å². The molecule has 0 aromatic rings. The molecule has 0 fully saturated rings. The first-order valence-electron chi connectivity index (χ1n) is 8.75. The molecule has 1 atom stereocenters. The Bertz CT molecular complexity index is 249. The fourth-order valence-corrected chi connectivity index (χ4v) is 3.01. The molecule has 3 nitrogen and oxygen atoms in total. The van der Waals surface area contributed by atoms with Crippen LogP contribution >= 0.6 is 8.25 Å². The van der Waals surface area contributed by atoms with Crippen molar-refractivity contribution in [3.63, 3.8) is 0 Å². The fraction of sp³-hybridized carbons (Fsp3) is 1.00. The minimum Gasteiger partial charge on any atom is -0.311 e. The van der Waals surface area contributed by atoms with Crippen LogP contribution in [0.3, 0.4) is 0 Å². The van der Waals surface area contributed by atoms with E-state index in [-0.39, 0.29) is 5.41 Å². The molecule has 0 radical (unpaired) electrons. The monoisotopic (exact) mass is 320 g/mol. The summed E-state index contributed by atoms with van der Waals surface area (Å²) in [6, 6.07) is 0. The lowest BCUT2D eigenvalue weighted by atomic mass is 9.99. The van der Waals surface area contributed by atoms with Crippen molar-refractivity contribution < 1.29 is 13.6 Å². The molecule has 21 heavy (non-hydrogen) atoms. The van der Waals surface area contributed by atoms with Gasteiger partial charge in [0.25, 0.3) is 0 Å². The number of unbranched alkanes of at least 4 members (excludes halogenated alkanes) is 9. The smallest absolute Gasteiger partial charge is 0.311 e. The van der Waals surface area contributed by atoms with E-state index in [2.05, 4.69) is 27.7 Å². The summed E-state index contributed by atoms with van der Waals surface area (Å²) in [5.41, 5.74) is 0.0425. The zero-order valence-corrected chi connectivity index (χ0v) is 15.7. The van der Waals surface area contributed by atoms with E-state index in [1.54, 1.807) is 0 Å². The van der Waals surface area contributed by atoms with Gasteiger partial charge in [0.05, 0.1) is 13.2 Å². The first-order valence-corrected chi connectivity index (χ1v) is 9.98. The Morgan fingerprint density at radius 1 is 0.762 bits per heavy atom. The lowest BCUT2D eigenvalue weighted by Gasteiger charge is -2.17. The van der Waals surface area contributed by atoms with E-state index in [9.17, 15) is 4.57 Å². The van der Waals surface area contributed by atoms with Gasteiger partial charge in [0.2, 0.25) is 0 Å². The molecule has 0 bridgehead atoms. The van der Waals surface area contributed by atoms with E-state index >= 15 is 0 Å². The molecule has 4 heteroatoms. The average Bonchev–Trinajstić information content (AvgIpc) is 2.42. The Morgan fingerprint density at radius 2 is 1.24 bits per heavy atom. The zero-order valence-electron chi connectivity index (χ0n) is 14.7. The average molecular weight is 320 g/mol. The summed E-state index contributed by atoms with van der Waals surface area (Å²) in [5.74, 6) is 0. The SMILES string of the molecule is CCCCCCCCCCCCO[PH](=O)OCC(C)(C)C. The molecule has 0 aromatic heterocycles. The Hall–Kier alpha value is 0.150. The third kappa shape index (κ3) is 18.1. The Morgan fingerprint density at radius 3 is 1.71 bits per heavy atom. The molecule has 0 saturated heterocycles. The van der Waals surface area contributed by atoms with Crippen molar-refractivity contribution in [3.8, 4) is 0 Å². The molecule has 1 unspecified atom stereocenters. The third-order valence-corrected chi connectivity index (χ3v) is 4.16. The van der Waals surface area contributed by atoms with Gasteiger partial charge in [0.1, 0.15) is 0 Å². The quantitative estimate of drug-likeness (QED) is 0.275. The summed E-state index contributed by atoms with van der Waals surface area (Å²) in [5, 5.41) is 0. The standard InChI is InChI=1S/C17H37O3P/c1-5-6-7-8-9-10-11-12-13-14-15-19-21(18)20-16-17(2,3)4/h21H,5-16H2,1-4H3. The van der Waals surface area contributed by atoms with Crippen molar-refractivity contribution in [2.24, 2.45) is 5.41 Å². The van der Waals surface area contributed by atoms with Crippen LogP contribution in [-0.2, 0) is 13.6 Å². The van der Waals surface area contributed by atoms with Crippen molar-refractivity contribution in [3.05, 3.63) is 0 Å². The maximum atomic E-state index is 11.5. The largest absolute Gasteiger partial charge is 0.319 e. The lowest BCUT2D eigenvalue weighted by Crippen LogP contribution is -2.12. The second kappa shape index (κ2) is 13.8. The molecule has 0 N–H and O–H groups in total. The predicted octanol–water partition coefficient (Wildman–Crippen LogP) is 6.38. The molecule has 0 amide bonds. The van der Waals surface area contributed by atoms with E-state index < -0.39 is 8.25 Å². The Kier molecular flexibility index (Phi) is 13.9. The summed E-state index contributed by atoms with van der Waals surface area (Å²) >= 11 is 0. The molecule has 128 valence electrons. The third-order valence-electron chi connectivity index (χ3n) is 3.34. The molecule has 0 spiro atoms. The Labute approximate surface area is 133 Å². The van der Waals surface area contributed by atoms with Gasteiger partial charge >= 0.3 is 8.25 Å². The molecular weight excluding hydrogens is 283 g/mol. The van der Waals surface area contributed by atoms with E-state index in [1.807, 2.05) is 0 Å². The highest BCUT2D eigenvalue weighted by atomic mass is 31.1. The van der Waals surface area contributed by atoms with Crippen molar-refractivity contribution >= 4 is 8.25 Å². The summed E-state index contributed by atoms with van der Waals surface area (Å²) in [6.07, 6.45) is 13.0. The van der Waals surface area contributed by atoms with Crippen LogP contribution in [0.5, 0.6) is 0 Å². The molecule has 0 aliphatic rings. The highest BCUT2D eigenvalue weighted by molar-refractivity contribution is 7.33. The predicted molar refractivity (Wildman–Crippen MR) is 92.2 cm³/mol. The van der Waals surface area contributed by atoms with Gasteiger partial charge < -0.3 is 9.05 Å². The highest BCUT2D eigenvalue weighted by Gasteiger charge is 2.12. The first kappa shape index (κ1) is 21.1. The second-order valence-electron chi connectivity index (χ2n) is 7.13. The minimum absolute atomic E-state index is 0.0425. The van der Waals surface area contributed by atoms with Gasteiger partial charge in [-0.3, -0.25) is 4.57 Å². The molecule has 0 rings (SSSR count). The molecule has 0 aliphatic carbocycles. The molecule has 0 saturated carbocycles. The van der Waals surface area contributed by atoms with Crippen LogP contribution < -0.4 is 0 Å². The van der Waals surface area contributed by atoms with Gasteiger partial charge in [-0.1, -0.05) is 85.5 Å². The van der Waals surface area contributed by atoms with Gasteiger partial charge in [0.15, 0.2) is 0 Å². The normalized spacial score (nSPS) is 13.5. The minimum atomic E-state index is -2.28. The van der Waals surface area contributed by atoms with Crippen molar-refractivity contribution in [2.75, 3.05) is 13.2 Å². The molecule has 0 heterocycles. The topological polar surface area (TPSA) is 35.5 Å². The second-order valence-corrected chi connectivity index (χ2v) is 8.21. The van der Waals surface area contributed by atoms with E-state index in [4.69, 9.17) is 9.05 Å². The number of rotatable bonds is 14. The lowest BCUT2D eigenvalue weighted by molar-refractivity contribution is 0.164. The fourth-order valence-electron chi connectivity index (χ4n) is 2.06. The number of hydrogen-bond acceptors (Lipinski definition) is 3. The summed E-state index contributed by atoms with van der Waals surface area (Å²) in [7, 11) is -2.28. The number of hydrogen-bond donors (Lipinski definition) is 0. The molecule has 0 aromatic carbocycles. The first-order chi connectivity index (χ1) is 9.95. The van der Waals surface area contributed by atoms with E-state index in [0.29, 0.717) is 13.2 Å². The maximum absolute atomic E-state index is 11.5. The van der Waals surface area contributed by atoms with Crippen molar-refractivity contribution in [2.45, 2.75) is 91.9 Å². The van der Waals surface area contributed by atoms with E-state index in [1.165, 1.54) is 57.8 Å². The maximum Gasteiger partial charge on any atom is 0.319 e. The van der Waals surface area contributed by atoms with Gasteiger partial charge in [-0.2, -0.15) is 0 Å². The van der Waals surface area contributed by atoms with Gasteiger partial charge in [-0.25, -0.2) is 0 Å². The van der Waals surface area contributed by atoms with Crippen LogP contribution in [-0.4, -0.2) is 13.2 Å². The van der Waals surface area contributed by atoms with Crippen LogP contribution in [0, 0.1) is 5.41 Å². The van der Waals surface area contributed by atoms with E-state index in [0.717, 1.165) is 6.42 Å². The zero-order chi connectivity index (χ0) is 16.0.